The molecule has 220 valence electrons. The van der Waals surface area contributed by atoms with E-state index >= 15 is 0 Å². The van der Waals surface area contributed by atoms with Crippen LogP contribution in [-0.4, -0.2) is 78.4 Å². The molecule has 0 radical (unpaired) electrons. The Morgan fingerprint density at radius 1 is 1.07 bits per heavy atom. The molecular formula is C31H32ClFN4O5. The van der Waals surface area contributed by atoms with E-state index in [4.69, 9.17) is 25.8 Å². The van der Waals surface area contributed by atoms with E-state index in [2.05, 4.69) is 20.2 Å². The third kappa shape index (κ3) is 6.88. The van der Waals surface area contributed by atoms with Crippen LogP contribution in [0.25, 0.3) is 16.5 Å². The molecule has 1 N–H and O–H groups in total. The molecule has 5 rings (SSSR count). The molecule has 1 aliphatic heterocycles. The van der Waals surface area contributed by atoms with Crippen LogP contribution in [0.3, 0.4) is 0 Å². The van der Waals surface area contributed by atoms with Crippen LogP contribution >= 0.6 is 11.6 Å². The molecule has 1 aromatic heterocycles. The molecular weight excluding hydrogens is 563 g/mol. The summed E-state index contributed by atoms with van der Waals surface area (Å²) in [6.07, 6.45) is 7.59. The number of ketones is 2. The van der Waals surface area contributed by atoms with Crippen molar-refractivity contribution in [3.63, 3.8) is 0 Å². The van der Waals surface area contributed by atoms with E-state index in [9.17, 15) is 14.0 Å². The molecule has 0 amide bonds. The summed E-state index contributed by atoms with van der Waals surface area (Å²) in [5.74, 6) is 1.07. The topological polar surface area (TPSA) is 103 Å². The Balaban J connectivity index is 1.41. The van der Waals surface area contributed by atoms with Crippen LogP contribution in [0, 0.1) is 0 Å². The number of nitrogens with one attached hydrogen (secondary N) is 1. The lowest BCUT2D eigenvalue weighted by Gasteiger charge is -2.19. The lowest BCUT2D eigenvalue weighted by Crippen LogP contribution is -2.21. The van der Waals surface area contributed by atoms with Gasteiger partial charge in [0.25, 0.3) is 0 Å². The monoisotopic (exact) mass is 594 g/mol. The highest BCUT2D eigenvalue weighted by Gasteiger charge is 2.22. The number of halogens is 2. The number of methoxy groups -OCH3 is 1. The van der Waals surface area contributed by atoms with Gasteiger partial charge in [-0.25, -0.2) is 14.4 Å². The smallest absolute Gasteiger partial charge is 0.186 e. The van der Waals surface area contributed by atoms with Crippen molar-refractivity contribution >= 4 is 51.1 Å². The third-order valence-corrected chi connectivity index (χ3v) is 7.46. The summed E-state index contributed by atoms with van der Waals surface area (Å²) in [6, 6.07) is 8.59. The zero-order valence-electron chi connectivity index (χ0n) is 23.3. The summed E-state index contributed by atoms with van der Waals surface area (Å²) < 4.78 is 30.8. The number of hydrogen-bond acceptors (Lipinski definition) is 9. The van der Waals surface area contributed by atoms with Crippen molar-refractivity contribution in [1.29, 1.82) is 0 Å². The summed E-state index contributed by atoms with van der Waals surface area (Å²) in [5.41, 5.74) is 1.66. The van der Waals surface area contributed by atoms with Gasteiger partial charge in [-0.3, -0.25) is 9.59 Å². The minimum atomic E-state index is -0.912. The highest BCUT2D eigenvalue weighted by molar-refractivity contribution is 6.34. The molecule has 2 aromatic carbocycles. The van der Waals surface area contributed by atoms with E-state index in [1.807, 2.05) is 12.1 Å². The Hall–Kier alpha value is -4.02. The number of anilines is 2. The Kier molecular flexibility index (Phi) is 9.66. The number of benzene rings is 2. The molecule has 2 heterocycles. The number of carbonyl (C=O) groups excluding carboxylic acids is 2. The van der Waals surface area contributed by atoms with Crippen LogP contribution in [0.2, 0.25) is 0 Å². The molecule has 0 spiro atoms. The molecule has 0 bridgehead atoms. The van der Waals surface area contributed by atoms with E-state index in [0.717, 1.165) is 26.1 Å². The van der Waals surface area contributed by atoms with Gasteiger partial charge in [-0.2, -0.15) is 0 Å². The normalized spacial score (nSPS) is 16.0. The summed E-state index contributed by atoms with van der Waals surface area (Å²) >= 11 is 5.84. The summed E-state index contributed by atoms with van der Waals surface area (Å²) in [7, 11) is 1.58. The van der Waals surface area contributed by atoms with E-state index in [1.54, 1.807) is 25.3 Å². The molecule has 1 fully saturated rings. The molecule has 3 aromatic rings. The molecule has 0 saturated carbocycles. The van der Waals surface area contributed by atoms with Crippen molar-refractivity contribution in [2.75, 3.05) is 51.2 Å². The molecule has 1 unspecified atom stereocenters. The fourth-order valence-corrected chi connectivity index (χ4v) is 5.12. The third-order valence-electron chi connectivity index (χ3n) is 7.12. The minimum Gasteiger partial charge on any atom is -0.493 e. The number of aromatic nitrogens is 2. The maximum absolute atomic E-state index is 13.4. The SMILES string of the molecule is COc1cc2c(Nc3ccc(OC(CF)CCl)c(C4=CC(=O)C=CC4=O)c3)ncnc2cc1OCCCN1CCCC1. The Bertz CT molecular complexity index is 1520. The second-order valence-corrected chi connectivity index (χ2v) is 10.3. The minimum absolute atomic E-state index is 0.0827. The molecule has 1 aliphatic carbocycles. The molecule has 11 heteroatoms. The maximum atomic E-state index is 13.4. The zero-order valence-corrected chi connectivity index (χ0v) is 24.0. The average Bonchev–Trinajstić information content (AvgIpc) is 3.53. The van der Waals surface area contributed by atoms with Crippen molar-refractivity contribution in [3.05, 3.63) is 60.5 Å². The van der Waals surface area contributed by atoms with Crippen molar-refractivity contribution in [3.8, 4) is 17.2 Å². The number of likely N-dealkylation sites (tertiary alicyclic amines) is 1. The second-order valence-electron chi connectivity index (χ2n) is 10.0. The first-order valence-corrected chi connectivity index (χ1v) is 14.4. The molecule has 42 heavy (non-hydrogen) atoms. The fraction of sp³-hybridized carbons (Fsp3) is 0.355. The predicted molar refractivity (Wildman–Crippen MR) is 160 cm³/mol. The predicted octanol–water partition coefficient (Wildman–Crippen LogP) is 5.29. The first kappa shape index (κ1) is 29.5. The number of rotatable bonds is 13. The highest BCUT2D eigenvalue weighted by Crippen LogP contribution is 2.37. The average molecular weight is 595 g/mol. The zero-order chi connectivity index (χ0) is 29.5. The van der Waals surface area contributed by atoms with Gasteiger partial charge in [0.2, 0.25) is 0 Å². The van der Waals surface area contributed by atoms with E-state index in [1.165, 1.54) is 37.4 Å². The van der Waals surface area contributed by atoms with Crippen molar-refractivity contribution in [2.24, 2.45) is 0 Å². The van der Waals surface area contributed by atoms with Crippen LogP contribution in [0.5, 0.6) is 17.2 Å². The van der Waals surface area contributed by atoms with Gasteiger partial charge in [0.05, 0.1) is 25.1 Å². The fourth-order valence-electron chi connectivity index (χ4n) is 4.97. The number of allylic oxidation sites excluding steroid dienone is 4. The summed E-state index contributed by atoms with van der Waals surface area (Å²) in [4.78, 5) is 36.1. The lowest BCUT2D eigenvalue weighted by molar-refractivity contribution is -0.113. The van der Waals surface area contributed by atoms with Gasteiger partial charge < -0.3 is 24.4 Å². The van der Waals surface area contributed by atoms with Crippen LogP contribution in [0.1, 0.15) is 24.8 Å². The maximum Gasteiger partial charge on any atom is 0.186 e. The summed E-state index contributed by atoms with van der Waals surface area (Å²) in [5, 5.41) is 3.95. The van der Waals surface area contributed by atoms with Gasteiger partial charge in [-0.1, -0.05) is 0 Å². The quantitative estimate of drug-likeness (QED) is 0.160. The number of ether oxygens (including phenoxy) is 3. The van der Waals surface area contributed by atoms with Crippen molar-refractivity contribution < 1.29 is 28.2 Å². The van der Waals surface area contributed by atoms with E-state index in [-0.39, 0.29) is 28.8 Å². The second kappa shape index (κ2) is 13.8. The molecule has 2 aliphatic rings. The largest absolute Gasteiger partial charge is 0.493 e. The lowest BCUT2D eigenvalue weighted by atomic mass is 9.95. The van der Waals surface area contributed by atoms with Gasteiger partial charge in [0, 0.05) is 34.8 Å². The van der Waals surface area contributed by atoms with Gasteiger partial charge in [-0.15, -0.1) is 11.6 Å². The van der Waals surface area contributed by atoms with Gasteiger partial charge in [0.1, 0.15) is 30.7 Å². The van der Waals surface area contributed by atoms with Crippen molar-refractivity contribution in [2.45, 2.75) is 25.4 Å². The first-order valence-electron chi connectivity index (χ1n) is 13.8. The van der Waals surface area contributed by atoms with E-state index in [0.29, 0.717) is 46.1 Å². The molecule has 9 nitrogen and oxygen atoms in total. The first-order chi connectivity index (χ1) is 20.5. The van der Waals surface area contributed by atoms with Crippen molar-refractivity contribution in [1.82, 2.24) is 14.9 Å². The molecule has 1 atom stereocenters. The Labute approximate surface area is 248 Å². The number of alkyl halides is 2. The van der Waals surface area contributed by atoms with Gasteiger partial charge >= 0.3 is 0 Å². The van der Waals surface area contributed by atoms with Crippen LogP contribution in [-0.2, 0) is 9.59 Å². The van der Waals surface area contributed by atoms with Crippen LogP contribution in [0.15, 0.2) is 54.9 Å². The van der Waals surface area contributed by atoms with Gasteiger partial charge in [-0.05, 0) is 74.8 Å². The standard InChI is InChI=1S/C31H32ClFN4O5/c1-40-29-15-25-26(16-30(29)41-12-4-11-37-9-2-3-10-37)34-19-35-31(25)36-20-5-8-28(42-22(17-32)18-33)24(13-20)23-14-21(38)6-7-27(23)39/h5-8,13-16,19,22H,2-4,9-12,17-18H2,1H3,(H,34,35,36). The van der Waals surface area contributed by atoms with Crippen LogP contribution < -0.4 is 19.5 Å². The Morgan fingerprint density at radius 3 is 2.67 bits per heavy atom. The van der Waals surface area contributed by atoms with Gasteiger partial charge in [0.15, 0.2) is 23.1 Å². The number of fused-ring (bicyclic) bond motifs is 1. The molecule has 1 saturated heterocycles. The number of nitrogens with zero attached hydrogens (tertiary/aromatic N) is 3. The number of hydrogen-bond donors (Lipinski definition) is 1. The highest BCUT2D eigenvalue weighted by atomic mass is 35.5. The van der Waals surface area contributed by atoms with E-state index < -0.39 is 12.8 Å². The van der Waals surface area contributed by atoms with Crippen LogP contribution in [0.4, 0.5) is 15.9 Å². The summed E-state index contributed by atoms with van der Waals surface area (Å²) in [6.45, 7) is 3.06. The number of carbonyl (C=O) groups is 2. The Morgan fingerprint density at radius 2 is 1.90 bits per heavy atom.